The summed E-state index contributed by atoms with van der Waals surface area (Å²) in [5, 5.41) is 22.6. The lowest BCUT2D eigenvalue weighted by Crippen LogP contribution is -2.06. The fourth-order valence-electron chi connectivity index (χ4n) is 2.14. The van der Waals surface area contributed by atoms with Crippen LogP contribution in [0.25, 0.3) is 0 Å². The van der Waals surface area contributed by atoms with Gasteiger partial charge in [-0.05, 0) is 24.3 Å². The lowest BCUT2D eigenvalue weighted by Gasteiger charge is -2.11. The van der Waals surface area contributed by atoms with Crippen LogP contribution in [-0.4, -0.2) is 7.05 Å². The molecule has 0 saturated heterocycles. The van der Waals surface area contributed by atoms with Crippen LogP contribution in [0.2, 0.25) is 0 Å². The van der Waals surface area contributed by atoms with E-state index in [4.69, 9.17) is 17.2 Å². The minimum atomic E-state index is 0.0256. The van der Waals surface area contributed by atoms with Gasteiger partial charge in [0, 0.05) is 28.2 Å². The van der Waals surface area contributed by atoms with E-state index in [0.29, 0.717) is 10.6 Å². The Labute approximate surface area is 166 Å². The van der Waals surface area contributed by atoms with E-state index in [1.807, 2.05) is 42.5 Å². The average molecular weight is 395 g/mol. The second-order valence-electron chi connectivity index (χ2n) is 5.19. The van der Waals surface area contributed by atoms with Crippen molar-refractivity contribution in [2.45, 2.75) is 9.79 Å². The van der Waals surface area contributed by atoms with Gasteiger partial charge in [0.15, 0.2) is 0 Å². The summed E-state index contributed by atoms with van der Waals surface area (Å²) in [5.41, 5.74) is 19.6. The first kappa shape index (κ1) is 20.1. The molecule has 0 fully saturated rings. The lowest BCUT2D eigenvalue weighted by atomic mass is 10.1. The Morgan fingerprint density at radius 3 is 1.85 bits per heavy atom. The van der Waals surface area contributed by atoms with Crippen LogP contribution in [0.3, 0.4) is 0 Å². The van der Waals surface area contributed by atoms with E-state index in [0.717, 1.165) is 22.3 Å². The van der Waals surface area contributed by atoms with Crippen LogP contribution >= 0.6 is 23.5 Å². The highest BCUT2D eigenvalue weighted by molar-refractivity contribution is 8.03. The van der Waals surface area contributed by atoms with Gasteiger partial charge in [-0.15, -0.1) is 0 Å². The molecule has 0 aliphatic rings. The molecule has 0 bridgehead atoms. The molecule has 6 nitrogen and oxygen atoms in total. The number of nitrogens with one attached hydrogen (secondary N) is 1. The third kappa shape index (κ3) is 4.91. The molecule has 0 saturated carbocycles. The van der Waals surface area contributed by atoms with E-state index in [1.54, 1.807) is 25.2 Å². The number of thioether (sulfide) groups is 2. The van der Waals surface area contributed by atoms with Gasteiger partial charge in [0.05, 0.1) is 10.1 Å². The molecule has 0 spiro atoms. The van der Waals surface area contributed by atoms with Gasteiger partial charge < -0.3 is 22.5 Å². The number of hydrogen-bond donors (Lipinski definition) is 4. The van der Waals surface area contributed by atoms with Crippen LogP contribution in [0.15, 0.2) is 79.5 Å². The van der Waals surface area contributed by atoms with Gasteiger partial charge in [-0.2, -0.15) is 10.5 Å². The summed E-state index contributed by atoms with van der Waals surface area (Å²) in [6.07, 6.45) is 0. The lowest BCUT2D eigenvalue weighted by molar-refractivity contribution is 1.33. The summed E-state index contributed by atoms with van der Waals surface area (Å²) in [7, 11) is 1.80. The zero-order chi connectivity index (χ0) is 19.8. The monoisotopic (exact) mass is 394 g/mol. The number of anilines is 2. The van der Waals surface area contributed by atoms with Gasteiger partial charge >= 0.3 is 0 Å². The molecule has 27 heavy (non-hydrogen) atoms. The maximum absolute atomic E-state index is 9.58. The average Bonchev–Trinajstić information content (AvgIpc) is 2.67. The van der Waals surface area contributed by atoms with Gasteiger partial charge in [-0.3, -0.25) is 0 Å². The van der Waals surface area contributed by atoms with Crippen molar-refractivity contribution in [2.24, 2.45) is 11.5 Å². The van der Waals surface area contributed by atoms with Crippen LogP contribution in [0.5, 0.6) is 0 Å². The molecule has 0 heterocycles. The molecule has 2 aromatic rings. The van der Waals surface area contributed by atoms with E-state index in [2.05, 4.69) is 5.32 Å². The van der Waals surface area contributed by atoms with Crippen LogP contribution in [0.1, 0.15) is 0 Å². The van der Waals surface area contributed by atoms with Crippen molar-refractivity contribution in [3.63, 3.8) is 0 Å². The predicted molar refractivity (Wildman–Crippen MR) is 112 cm³/mol. The normalized spacial score (nSPS) is 12.3. The first-order valence-electron chi connectivity index (χ1n) is 7.78. The molecule has 0 amide bonds. The highest BCUT2D eigenvalue weighted by atomic mass is 32.2. The quantitative estimate of drug-likeness (QED) is 0.252. The minimum Gasteiger partial charge on any atom is -0.398 e. The van der Waals surface area contributed by atoms with Gasteiger partial charge in [-0.25, -0.2) is 0 Å². The second kappa shape index (κ2) is 9.48. The number of para-hydroxylation sites is 2. The number of nitrogen functional groups attached to an aromatic ring is 1. The molecule has 0 aromatic heterocycles. The maximum Gasteiger partial charge on any atom is 0.103 e. The van der Waals surface area contributed by atoms with Crippen molar-refractivity contribution < 1.29 is 0 Å². The van der Waals surface area contributed by atoms with Crippen LogP contribution in [0, 0.1) is 22.7 Å². The topological polar surface area (TPSA) is 138 Å². The summed E-state index contributed by atoms with van der Waals surface area (Å²) in [5.74, 6) is 0. The number of hydrogen-bond acceptors (Lipinski definition) is 8. The van der Waals surface area contributed by atoms with E-state index < -0.39 is 0 Å². The summed E-state index contributed by atoms with van der Waals surface area (Å²) >= 11 is 2.32. The molecule has 0 aliphatic carbocycles. The number of benzene rings is 2. The van der Waals surface area contributed by atoms with Gasteiger partial charge in [0.2, 0.25) is 0 Å². The van der Waals surface area contributed by atoms with Gasteiger partial charge in [-0.1, -0.05) is 47.8 Å². The first-order chi connectivity index (χ1) is 13.0. The Morgan fingerprint density at radius 1 is 0.852 bits per heavy atom. The molecule has 2 rings (SSSR count). The molecule has 136 valence electrons. The summed E-state index contributed by atoms with van der Waals surface area (Å²) in [6.45, 7) is 0. The van der Waals surface area contributed by atoms with E-state index in [1.165, 1.54) is 11.8 Å². The Bertz CT molecular complexity index is 982. The van der Waals surface area contributed by atoms with Crippen LogP contribution < -0.4 is 22.5 Å². The van der Waals surface area contributed by atoms with Gasteiger partial charge in [0.25, 0.3) is 0 Å². The molecule has 8 heteroatoms. The summed E-state index contributed by atoms with van der Waals surface area (Å²) < 4.78 is 0. The molecule has 0 unspecified atom stereocenters. The maximum atomic E-state index is 9.58. The number of rotatable bonds is 6. The van der Waals surface area contributed by atoms with Crippen LogP contribution in [-0.2, 0) is 0 Å². The minimum absolute atomic E-state index is 0.0256. The van der Waals surface area contributed by atoms with E-state index in [-0.39, 0.29) is 21.2 Å². The molecular weight excluding hydrogens is 376 g/mol. The molecule has 7 N–H and O–H groups in total. The Kier molecular flexibility index (Phi) is 7.07. The zero-order valence-electron chi connectivity index (χ0n) is 14.6. The van der Waals surface area contributed by atoms with Crippen molar-refractivity contribution in [1.82, 2.24) is 0 Å². The van der Waals surface area contributed by atoms with E-state index >= 15 is 0 Å². The Hall–Kier alpha value is -3.20. The van der Waals surface area contributed by atoms with Crippen molar-refractivity contribution in [1.29, 1.82) is 10.5 Å². The second-order valence-corrected chi connectivity index (χ2v) is 7.36. The van der Waals surface area contributed by atoms with Crippen molar-refractivity contribution >= 4 is 34.9 Å². The molecule has 0 aliphatic heterocycles. The Balaban J connectivity index is 2.42. The first-order valence-corrected chi connectivity index (χ1v) is 9.42. The summed E-state index contributed by atoms with van der Waals surface area (Å²) in [4.78, 5) is 1.54. The van der Waals surface area contributed by atoms with Crippen LogP contribution in [0.4, 0.5) is 11.4 Å². The van der Waals surface area contributed by atoms with E-state index in [9.17, 15) is 10.5 Å². The van der Waals surface area contributed by atoms with Crippen molar-refractivity contribution in [3.05, 3.63) is 69.7 Å². The molecule has 0 radical (unpaired) electrons. The Morgan fingerprint density at radius 2 is 1.33 bits per heavy atom. The third-order valence-corrected chi connectivity index (χ3v) is 5.50. The third-order valence-electron chi connectivity index (χ3n) is 3.48. The summed E-state index contributed by atoms with van der Waals surface area (Å²) in [6, 6.07) is 18.7. The number of nitrogens with two attached hydrogens (primary N) is 3. The molecule has 0 atom stereocenters. The fourth-order valence-corrected chi connectivity index (χ4v) is 3.88. The highest BCUT2D eigenvalue weighted by Crippen LogP contribution is 2.36. The predicted octanol–water partition coefficient (Wildman–Crippen LogP) is 3.58. The molecule has 2 aromatic carbocycles. The van der Waals surface area contributed by atoms with Gasteiger partial charge in [0.1, 0.15) is 23.3 Å². The number of allylic oxidation sites excluding steroid dienone is 2. The fraction of sp³-hybridized carbons (Fsp3) is 0.0526. The molecular formula is C19H18N6S2. The number of nitriles is 2. The highest BCUT2D eigenvalue weighted by Gasteiger charge is 2.17. The largest absolute Gasteiger partial charge is 0.398 e. The number of nitrogens with zero attached hydrogens (tertiary/aromatic N) is 2. The standard InChI is InChI=1S/C19H18N6S2/c1-25-15-7-3-5-9-17(15)27-19(24)13(11-21)12(10-20)18(23)26-16-8-4-2-6-14(16)22/h2-9,25H,22-24H2,1H3/b18-12+,19-13+. The smallest absolute Gasteiger partial charge is 0.103 e. The van der Waals surface area contributed by atoms with Crippen molar-refractivity contribution in [3.8, 4) is 12.1 Å². The SMILES string of the molecule is CNc1ccccc1S/C(N)=C(C#N)/C(C#N)=C(\N)Sc1ccccc1N. The zero-order valence-corrected chi connectivity index (χ0v) is 16.2. The van der Waals surface area contributed by atoms with Crippen molar-refractivity contribution in [2.75, 3.05) is 18.1 Å².